The molecule has 3 heterocycles. The van der Waals surface area contributed by atoms with E-state index in [1.54, 1.807) is 19.1 Å². The SMILES string of the molecule is C[C@@H](N1Cc2nc(-c3ccc(F)cc3)sc2C1=O)[C@](O)(Cn1cncn1)c1ccc(F)cc1F. The number of halogens is 3. The summed E-state index contributed by atoms with van der Waals surface area (Å²) >= 11 is 1.17. The highest BCUT2D eigenvalue weighted by Gasteiger charge is 2.46. The molecule has 0 radical (unpaired) electrons. The molecule has 174 valence electrons. The summed E-state index contributed by atoms with van der Waals surface area (Å²) in [5.74, 6) is -2.46. The van der Waals surface area contributed by atoms with Gasteiger partial charge in [-0.1, -0.05) is 6.07 Å². The van der Waals surface area contributed by atoms with Crippen LogP contribution in [-0.4, -0.2) is 41.7 Å². The summed E-state index contributed by atoms with van der Waals surface area (Å²) in [5.41, 5.74) is -0.914. The van der Waals surface area contributed by atoms with Crippen LogP contribution in [0, 0.1) is 17.5 Å². The summed E-state index contributed by atoms with van der Waals surface area (Å²) in [6.45, 7) is 1.47. The summed E-state index contributed by atoms with van der Waals surface area (Å²) in [5, 5.41) is 16.3. The monoisotopic (exact) mass is 485 g/mol. The van der Waals surface area contributed by atoms with Gasteiger partial charge in [-0.15, -0.1) is 11.3 Å². The molecule has 7 nitrogen and oxygen atoms in total. The van der Waals surface area contributed by atoms with E-state index in [2.05, 4.69) is 15.1 Å². The number of carbonyl (C=O) groups excluding carboxylic acids is 1. The third kappa shape index (κ3) is 3.76. The highest BCUT2D eigenvalue weighted by molar-refractivity contribution is 7.17. The first-order valence-corrected chi connectivity index (χ1v) is 11.1. The third-order valence-electron chi connectivity index (χ3n) is 5.99. The summed E-state index contributed by atoms with van der Waals surface area (Å²) in [4.78, 5) is 23.5. The minimum Gasteiger partial charge on any atom is -0.381 e. The lowest BCUT2D eigenvalue weighted by atomic mass is 9.85. The van der Waals surface area contributed by atoms with Crippen molar-refractivity contribution in [2.45, 2.75) is 31.7 Å². The van der Waals surface area contributed by atoms with Gasteiger partial charge in [0.15, 0.2) is 0 Å². The highest BCUT2D eigenvalue weighted by atomic mass is 32.1. The molecule has 0 saturated carbocycles. The Bertz CT molecular complexity index is 1360. The Hall–Kier alpha value is -3.57. The Balaban J connectivity index is 1.48. The molecule has 11 heteroatoms. The lowest BCUT2D eigenvalue weighted by Crippen LogP contribution is -2.52. The number of thiazole rings is 1. The fraction of sp³-hybridized carbons (Fsp3) is 0.217. The maximum atomic E-state index is 14.8. The molecule has 1 amide bonds. The van der Waals surface area contributed by atoms with Gasteiger partial charge in [-0.05, 0) is 37.3 Å². The molecule has 0 saturated heterocycles. The van der Waals surface area contributed by atoms with Crippen LogP contribution in [0.25, 0.3) is 10.6 Å². The number of fused-ring (bicyclic) bond motifs is 1. The minimum absolute atomic E-state index is 0.0928. The van der Waals surface area contributed by atoms with Crippen LogP contribution in [0.4, 0.5) is 13.2 Å². The van der Waals surface area contributed by atoms with Gasteiger partial charge in [-0.25, -0.2) is 27.8 Å². The molecule has 2 aromatic carbocycles. The molecule has 0 spiro atoms. The van der Waals surface area contributed by atoms with Gasteiger partial charge >= 0.3 is 0 Å². The standard InChI is InChI=1S/C23H18F3N5O2S/c1-13(23(33,10-30-12-27-11-28-30)17-7-6-16(25)8-18(17)26)31-9-19-20(22(31)32)34-21(29-19)14-2-4-15(24)5-3-14/h2-8,11-13,33H,9-10H2,1H3/t13-,23-/m1/s1. The fourth-order valence-electron chi connectivity index (χ4n) is 4.12. The predicted molar refractivity (Wildman–Crippen MR) is 117 cm³/mol. The quantitative estimate of drug-likeness (QED) is 0.450. The van der Waals surface area contributed by atoms with Crippen molar-refractivity contribution in [3.63, 3.8) is 0 Å². The first kappa shape index (κ1) is 22.2. The van der Waals surface area contributed by atoms with Crippen molar-refractivity contribution in [1.29, 1.82) is 0 Å². The number of benzene rings is 2. The average molecular weight is 485 g/mol. The van der Waals surface area contributed by atoms with E-state index < -0.39 is 23.3 Å². The fourth-order valence-corrected chi connectivity index (χ4v) is 5.16. The molecular weight excluding hydrogens is 467 g/mol. The number of rotatable bonds is 6. The molecule has 0 unspecified atom stereocenters. The molecule has 1 aliphatic rings. The normalized spacial score (nSPS) is 15.9. The zero-order chi connectivity index (χ0) is 24.0. The molecule has 4 aromatic rings. The Morgan fingerprint density at radius 1 is 1.15 bits per heavy atom. The van der Waals surface area contributed by atoms with E-state index in [9.17, 15) is 23.1 Å². The first-order chi connectivity index (χ1) is 16.3. The van der Waals surface area contributed by atoms with Gasteiger partial charge in [0.1, 0.15) is 45.6 Å². The Morgan fingerprint density at radius 2 is 1.88 bits per heavy atom. The first-order valence-electron chi connectivity index (χ1n) is 10.3. The van der Waals surface area contributed by atoms with Crippen LogP contribution < -0.4 is 0 Å². The Morgan fingerprint density at radius 3 is 2.53 bits per heavy atom. The maximum Gasteiger partial charge on any atom is 0.266 e. The predicted octanol–water partition coefficient (Wildman–Crippen LogP) is 3.75. The molecule has 1 aliphatic heterocycles. The largest absolute Gasteiger partial charge is 0.381 e. The molecule has 0 bridgehead atoms. The Kier molecular flexibility index (Phi) is 5.45. The number of carbonyl (C=O) groups is 1. The molecule has 0 fully saturated rings. The number of aliphatic hydroxyl groups is 1. The number of hydrogen-bond acceptors (Lipinski definition) is 6. The van der Waals surface area contributed by atoms with Crippen molar-refractivity contribution in [1.82, 2.24) is 24.6 Å². The van der Waals surface area contributed by atoms with Crippen LogP contribution in [-0.2, 0) is 18.7 Å². The van der Waals surface area contributed by atoms with Crippen molar-refractivity contribution in [3.8, 4) is 10.6 Å². The van der Waals surface area contributed by atoms with Gasteiger partial charge < -0.3 is 10.0 Å². The average Bonchev–Trinajstić information content (AvgIpc) is 3.52. The summed E-state index contributed by atoms with van der Waals surface area (Å²) < 4.78 is 42.9. The number of amides is 1. The zero-order valence-electron chi connectivity index (χ0n) is 17.8. The van der Waals surface area contributed by atoms with Gasteiger partial charge in [-0.2, -0.15) is 5.10 Å². The lowest BCUT2D eigenvalue weighted by Gasteiger charge is -2.39. The molecule has 0 aliphatic carbocycles. The third-order valence-corrected chi connectivity index (χ3v) is 7.12. The van der Waals surface area contributed by atoms with E-state index in [0.717, 1.165) is 6.07 Å². The van der Waals surface area contributed by atoms with Crippen LogP contribution in [0.1, 0.15) is 27.9 Å². The van der Waals surface area contributed by atoms with Crippen LogP contribution in [0.3, 0.4) is 0 Å². The smallest absolute Gasteiger partial charge is 0.266 e. The maximum absolute atomic E-state index is 14.8. The number of hydrogen-bond donors (Lipinski definition) is 1. The highest BCUT2D eigenvalue weighted by Crippen LogP contribution is 2.39. The Labute approximate surface area is 196 Å². The summed E-state index contributed by atoms with van der Waals surface area (Å²) in [7, 11) is 0. The molecule has 2 atom stereocenters. The summed E-state index contributed by atoms with van der Waals surface area (Å²) in [6.07, 6.45) is 2.63. The van der Waals surface area contributed by atoms with Gasteiger partial charge in [0.25, 0.3) is 5.91 Å². The van der Waals surface area contributed by atoms with Crippen molar-refractivity contribution >= 4 is 17.2 Å². The van der Waals surface area contributed by atoms with Crippen molar-refractivity contribution in [3.05, 3.63) is 88.7 Å². The van der Waals surface area contributed by atoms with E-state index in [-0.39, 0.29) is 30.4 Å². The molecular formula is C23H18F3N5O2S. The van der Waals surface area contributed by atoms with Gasteiger partial charge in [-0.3, -0.25) is 4.79 Å². The van der Waals surface area contributed by atoms with Gasteiger partial charge in [0.2, 0.25) is 0 Å². The van der Waals surface area contributed by atoms with Crippen LogP contribution in [0.5, 0.6) is 0 Å². The zero-order valence-corrected chi connectivity index (χ0v) is 18.6. The summed E-state index contributed by atoms with van der Waals surface area (Å²) in [6, 6.07) is 7.78. The van der Waals surface area contributed by atoms with Crippen LogP contribution in [0.2, 0.25) is 0 Å². The van der Waals surface area contributed by atoms with Gasteiger partial charge in [0, 0.05) is 17.2 Å². The van der Waals surface area contributed by atoms with Crippen molar-refractivity contribution < 1.29 is 23.1 Å². The van der Waals surface area contributed by atoms with Crippen LogP contribution in [0.15, 0.2) is 55.1 Å². The topological polar surface area (TPSA) is 84.1 Å². The molecule has 1 N–H and O–H groups in total. The lowest BCUT2D eigenvalue weighted by molar-refractivity contribution is -0.0557. The van der Waals surface area contributed by atoms with Crippen molar-refractivity contribution in [2.75, 3.05) is 0 Å². The van der Waals surface area contributed by atoms with Crippen LogP contribution >= 0.6 is 11.3 Å². The molecule has 5 rings (SSSR count). The molecule has 34 heavy (non-hydrogen) atoms. The second kappa shape index (κ2) is 8.33. The number of nitrogens with zero attached hydrogens (tertiary/aromatic N) is 5. The van der Waals surface area contributed by atoms with Crippen molar-refractivity contribution in [2.24, 2.45) is 0 Å². The van der Waals surface area contributed by atoms with E-state index in [0.29, 0.717) is 27.2 Å². The minimum atomic E-state index is -1.95. The second-order valence-corrected chi connectivity index (χ2v) is 9.05. The van der Waals surface area contributed by atoms with E-state index in [1.807, 2.05) is 0 Å². The van der Waals surface area contributed by atoms with E-state index in [1.165, 1.54) is 51.8 Å². The van der Waals surface area contributed by atoms with Gasteiger partial charge in [0.05, 0.1) is 24.8 Å². The van der Waals surface area contributed by atoms with E-state index >= 15 is 0 Å². The number of aromatic nitrogens is 4. The van der Waals surface area contributed by atoms with E-state index in [4.69, 9.17) is 0 Å². The molecule has 2 aromatic heterocycles. The second-order valence-electron chi connectivity index (χ2n) is 8.05.